The van der Waals surface area contributed by atoms with Crippen LogP contribution in [0.15, 0.2) is 60.9 Å². The summed E-state index contributed by atoms with van der Waals surface area (Å²) in [5.41, 5.74) is 11.1. The lowest BCUT2D eigenvalue weighted by atomic mass is 9.95. The van der Waals surface area contributed by atoms with Gasteiger partial charge in [-0.25, -0.2) is 4.85 Å². The number of nitrogens with zero attached hydrogens (tertiary/aromatic N) is 4. The number of imide groups is 1. The summed E-state index contributed by atoms with van der Waals surface area (Å²) < 4.78 is 0. The highest BCUT2D eigenvalue weighted by molar-refractivity contribution is 6.21. The smallest absolute Gasteiger partial charge is 0.261 e. The van der Waals surface area contributed by atoms with E-state index >= 15 is 0 Å². The molecule has 7 heteroatoms. The molecule has 0 aliphatic carbocycles. The van der Waals surface area contributed by atoms with Crippen molar-refractivity contribution < 1.29 is 9.59 Å². The van der Waals surface area contributed by atoms with Crippen LogP contribution < -0.4 is 10.6 Å². The van der Waals surface area contributed by atoms with Crippen molar-refractivity contribution in [3.63, 3.8) is 0 Å². The Bertz CT molecular complexity index is 1280. The molecule has 33 heavy (non-hydrogen) atoms. The number of amides is 2. The average molecular weight is 438 g/mol. The monoisotopic (exact) mass is 437 g/mol. The summed E-state index contributed by atoms with van der Waals surface area (Å²) >= 11 is 0. The summed E-state index contributed by atoms with van der Waals surface area (Å²) in [5, 5.41) is 0. The minimum Gasteiger partial charge on any atom is -0.397 e. The van der Waals surface area contributed by atoms with E-state index in [1.807, 2.05) is 18.2 Å². The summed E-state index contributed by atoms with van der Waals surface area (Å²) in [6, 6.07) is 14.4. The molecule has 3 aromatic rings. The molecule has 0 unspecified atom stereocenters. The van der Waals surface area contributed by atoms with E-state index in [4.69, 9.17) is 12.3 Å². The first-order valence-corrected chi connectivity index (χ1v) is 10.9. The molecular weight excluding hydrogens is 414 g/mol. The van der Waals surface area contributed by atoms with Crippen LogP contribution in [0.1, 0.15) is 40.5 Å². The van der Waals surface area contributed by atoms with Crippen LogP contribution >= 0.6 is 0 Å². The standard InChI is InChI=1S/C26H23N5O2/c1-16-13-18(31-25(32)19-5-3-4-6-20(19)26(31)33)10-12-30(16)24-14-17(7-8-22(24)27)21-15-29-11-9-23(21)28-2/h3-9,11,14-16,18H,10,12-13,27H2,1H3/t16-,18-/m0/s1. The molecule has 0 spiro atoms. The first-order chi connectivity index (χ1) is 16.0. The van der Waals surface area contributed by atoms with Gasteiger partial charge in [0, 0.05) is 36.6 Å². The Balaban J connectivity index is 1.40. The van der Waals surface area contributed by atoms with Crippen molar-refractivity contribution in [1.29, 1.82) is 0 Å². The van der Waals surface area contributed by atoms with Gasteiger partial charge >= 0.3 is 0 Å². The Kier molecular flexibility index (Phi) is 5.06. The topological polar surface area (TPSA) is 83.9 Å². The first kappa shape index (κ1) is 20.7. The predicted octanol–water partition coefficient (Wildman–Crippen LogP) is 4.54. The molecule has 2 amide bonds. The van der Waals surface area contributed by atoms with Gasteiger partial charge in [-0.2, -0.15) is 0 Å². The molecule has 0 bridgehead atoms. The van der Waals surface area contributed by atoms with Gasteiger partial charge in [-0.15, -0.1) is 0 Å². The number of fused-ring (bicyclic) bond motifs is 1. The molecule has 0 saturated carbocycles. The van der Waals surface area contributed by atoms with E-state index in [2.05, 4.69) is 21.7 Å². The molecule has 2 atom stereocenters. The SMILES string of the molecule is [C-]#[N+]c1ccncc1-c1ccc(N)c(N2CC[C@H](N3C(=O)c4ccccc4C3=O)C[C@@H]2C)c1. The Labute approximate surface area is 192 Å². The van der Waals surface area contributed by atoms with Crippen LogP contribution in [-0.2, 0) is 0 Å². The number of aromatic nitrogens is 1. The van der Waals surface area contributed by atoms with Gasteiger partial charge < -0.3 is 10.6 Å². The van der Waals surface area contributed by atoms with Crippen LogP contribution in [0.4, 0.5) is 17.1 Å². The average Bonchev–Trinajstić information content (AvgIpc) is 3.09. The Hall–Kier alpha value is -4.18. The van der Waals surface area contributed by atoms with Gasteiger partial charge in [0.25, 0.3) is 11.8 Å². The van der Waals surface area contributed by atoms with Crippen LogP contribution in [0.2, 0.25) is 0 Å². The highest BCUT2D eigenvalue weighted by Gasteiger charge is 2.42. The number of hydrogen-bond acceptors (Lipinski definition) is 5. The van der Waals surface area contributed by atoms with Crippen molar-refractivity contribution in [2.75, 3.05) is 17.2 Å². The maximum atomic E-state index is 12.9. The van der Waals surface area contributed by atoms with Gasteiger partial charge in [0.05, 0.1) is 29.1 Å². The van der Waals surface area contributed by atoms with E-state index in [1.165, 1.54) is 4.90 Å². The summed E-state index contributed by atoms with van der Waals surface area (Å²) in [6.45, 7) is 10.2. The lowest BCUT2D eigenvalue weighted by Crippen LogP contribution is -2.51. The van der Waals surface area contributed by atoms with Crippen LogP contribution in [0.25, 0.3) is 16.0 Å². The number of nitrogen functional groups attached to an aromatic ring is 1. The lowest BCUT2D eigenvalue weighted by molar-refractivity contribution is 0.0551. The van der Waals surface area contributed by atoms with Crippen molar-refractivity contribution in [2.45, 2.75) is 31.8 Å². The van der Waals surface area contributed by atoms with E-state index in [0.29, 0.717) is 41.9 Å². The fraction of sp³-hybridized carbons (Fsp3) is 0.231. The minimum absolute atomic E-state index is 0.0693. The molecule has 1 fully saturated rings. The van der Waals surface area contributed by atoms with Crippen molar-refractivity contribution in [1.82, 2.24) is 9.88 Å². The number of hydrogen-bond donors (Lipinski definition) is 1. The van der Waals surface area contributed by atoms with Crippen molar-refractivity contribution in [3.05, 3.63) is 83.5 Å². The zero-order chi connectivity index (χ0) is 23.1. The second kappa shape index (κ2) is 8.06. The van der Waals surface area contributed by atoms with Gasteiger partial charge in [-0.1, -0.05) is 18.2 Å². The quantitative estimate of drug-likeness (QED) is 0.370. The third-order valence-electron chi connectivity index (χ3n) is 6.61. The number of carbonyl (C=O) groups excluding carboxylic acids is 2. The normalized spacial score (nSPS) is 20.0. The van der Waals surface area contributed by atoms with Gasteiger partial charge in [0.15, 0.2) is 5.69 Å². The van der Waals surface area contributed by atoms with Crippen molar-refractivity contribution >= 4 is 28.9 Å². The third kappa shape index (κ3) is 3.40. The molecule has 7 nitrogen and oxygen atoms in total. The second-order valence-corrected chi connectivity index (χ2v) is 8.52. The molecule has 0 radical (unpaired) electrons. The van der Waals surface area contributed by atoms with E-state index in [0.717, 1.165) is 16.8 Å². The second-order valence-electron chi connectivity index (χ2n) is 8.52. The Morgan fingerprint density at radius 3 is 2.45 bits per heavy atom. The molecule has 2 aromatic carbocycles. The van der Waals surface area contributed by atoms with Crippen molar-refractivity contribution in [3.8, 4) is 11.1 Å². The maximum absolute atomic E-state index is 12.9. The van der Waals surface area contributed by atoms with Gasteiger partial charge in [-0.3, -0.25) is 19.5 Å². The number of piperidine rings is 1. The third-order valence-corrected chi connectivity index (χ3v) is 6.61. The van der Waals surface area contributed by atoms with E-state index in [-0.39, 0.29) is 23.9 Å². The Morgan fingerprint density at radius 1 is 1.06 bits per heavy atom. The van der Waals surface area contributed by atoms with Crippen LogP contribution in [-0.4, -0.2) is 40.3 Å². The van der Waals surface area contributed by atoms with Crippen LogP contribution in [0, 0.1) is 6.57 Å². The molecule has 1 aromatic heterocycles. The van der Waals surface area contributed by atoms with Gasteiger partial charge in [0.1, 0.15) is 0 Å². The summed E-state index contributed by atoms with van der Waals surface area (Å²) in [4.78, 5) is 37.3. The number of pyridine rings is 1. The molecule has 2 aliphatic heterocycles. The molecule has 164 valence electrons. The summed E-state index contributed by atoms with van der Waals surface area (Å²) in [7, 11) is 0. The Morgan fingerprint density at radius 2 is 1.79 bits per heavy atom. The van der Waals surface area contributed by atoms with Gasteiger partial charge in [-0.05, 0) is 55.7 Å². The highest BCUT2D eigenvalue weighted by atomic mass is 16.2. The van der Waals surface area contributed by atoms with E-state index < -0.39 is 0 Å². The van der Waals surface area contributed by atoms with Crippen molar-refractivity contribution in [2.24, 2.45) is 0 Å². The highest BCUT2D eigenvalue weighted by Crippen LogP contribution is 2.38. The first-order valence-electron chi connectivity index (χ1n) is 10.9. The van der Waals surface area contributed by atoms with E-state index in [1.54, 1.807) is 42.7 Å². The number of nitrogens with two attached hydrogens (primary N) is 1. The zero-order valence-electron chi connectivity index (χ0n) is 18.2. The van der Waals surface area contributed by atoms with E-state index in [9.17, 15) is 9.59 Å². The molecule has 3 heterocycles. The zero-order valence-corrected chi connectivity index (χ0v) is 18.2. The predicted molar refractivity (Wildman–Crippen MR) is 127 cm³/mol. The number of anilines is 2. The number of rotatable bonds is 3. The fourth-order valence-electron chi connectivity index (χ4n) is 4.95. The number of benzene rings is 2. The molecule has 2 aliphatic rings. The molecule has 5 rings (SSSR count). The van der Waals surface area contributed by atoms with Crippen LogP contribution in [0.5, 0.6) is 0 Å². The summed E-state index contributed by atoms with van der Waals surface area (Å²) in [6.07, 6.45) is 4.64. The molecular formula is C26H23N5O2. The van der Waals surface area contributed by atoms with Gasteiger partial charge in [0.2, 0.25) is 0 Å². The largest absolute Gasteiger partial charge is 0.397 e. The lowest BCUT2D eigenvalue weighted by Gasteiger charge is -2.42. The fourth-order valence-corrected chi connectivity index (χ4v) is 4.95. The minimum atomic E-state index is -0.203. The molecule has 1 saturated heterocycles. The maximum Gasteiger partial charge on any atom is 0.261 e. The summed E-state index contributed by atoms with van der Waals surface area (Å²) in [5.74, 6) is -0.406. The number of carbonyl (C=O) groups is 2. The van der Waals surface area contributed by atoms with Crippen LogP contribution in [0.3, 0.4) is 0 Å². The molecule has 2 N–H and O–H groups in total.